The van der Waals surface area contributed by atoms with Gasteiger partial charge in [0.05, 0.1) is 4.90 Å². The SMILES string of the molecule is Cc1cnc(Oc2ccc(S(C)(=O)=O)cc2)cc1N. The number of hydrogen-bond acceptors (Lipinski definition) is 5. The molecule has 0 aliphatic rings. The summed E-state index contributed by atoms with van der Waals surface area (Å²) in [5.41, 5.74) is 7.23. The van der Waals surface area contributed by atoms with Crippen LogP contribution in [0.25, 0.3) is 0 Å². The highest BCUT2D eigenvalue weighted by Crippen LogP contribution is 2.23. The number of hydrogen-bond donors (Lipinski definition) is 1. The summed E-state index contributed by atoms with van der Waals surface area (Å²) < 4.78 is 28.1. The van der Waals surface area contributed by atoms with E-state index in [9.17, 15) is 8.42 Å². The molecule has 19 heavy (non-hydrogen) atoms. The Labute approximate surface area is 112 Å². The molecule has 5 nitrogen and oxygen atoms in total. The van der Waals surface area contributed by atoms with Crippen LogP contribution in [-0.4, -0.2) is 19.7 Å². The topological polar surface area (TPSA) is 82.3 Å². The van der Waals surface area contributed by atoms with Crippen LogP contribution in [-0.2, 0) is 9.84 Å². The van der Waals surface area contributed by atoms with Crippen LogP contribution >= 0.6 is 0 Å². The van der Waals surface area contributed by atoms with E-state index in [1.807, 2.05) is 6.92 Å². The van der Waals surface area contributed by atoms with Gasteiger partial charge in [-0.1, -0.05) is 0 Å². The van der Waals surface area contributed by atoms with Crippen molar-refractivity contribution in [1.82, 2.24) is 4.98 Å². The van der Waals surface area contributed by atoms with Crippen molar-refractivity contribution in [2.45, 2.75) is 11.8 Å². The van der Waals surface area contributed by atoms with Crippen molar-refractivity contribution in [1.29, 1.82) is 0 Å². The minimum atomic E-state index is -3.20. The Bertz CT molecular complexity index is 694. The van der Waals surface area contributed by atoms with E-state index in [0.29, 0.717) is 17.3 Å². The Kier molecular flexibility index (Phi) is 3.44. The van der Waals surface area contributed by atoms with Gasteiger partial charge in [-0.15, -0.1) is 0 Å². The fourth-order valence-corrected chi connectivity index (χ4v) is 2.08. The van der Waals surface area contributed by atoms with Crippen LogP contribution in [0.1, 0.15) is 5.56 Å². The summed E-state index contributed by atoms with van der Waals surface area (Å²) in [4.78, 5) is 4.33. The lowest BCUT2D eigenvalue weighted by Gasteiger charge is -2.07. The number of ether oxygens (including phenoxy) is 1. The highest BCUT2D eigenvalue weighted by atomic mass is 32.2. The fourth-order valence-electron chi connectivity index (χ4n) is 1.45. The zero-order valence-corrected chi connectivity index (χ0v) is 11.4. The smallest absolute Gasteiger partial charge is 0.221 e. The number of nitrogen functional groups attached to an aromatic ring is 1. The average Bonchev–Trinajstić information content (AvgIpc) is 2.33. The molecule has 0 atom stereocenters. The lowest BCUT2D eigenvalue weighted by molar-refractivity contribution is 0.462. The number of rotatable bonds is 3. The van der Waals surface area contributed by atoms with E-state index in [-0.39, 0.29) is 4.90 Å². The van der Waals surface area contributed by atoms with E-state index in [0.717, 1.165) is 11.8 Å². The Balaban J connectivity index is 2.22. The van der Waals surface area contributed by atoms with Crippen molar-refractivity contribution in [2.24, 2.45) is 0 Å². The Morgan fingerprint density at radius 2 is 1.84 bits per heavy atom. The van der Waals surface area contributed by atoms with Crippen molar-refractivity contribution < 1.29 is 13.2 Å². The zero-order chi connectivity index (χ0) is 14.0. The van der Waals surface area contributed by atoms with E-state index >= 15 is 0 Å². The number of sulfone groups is 1. The fraction of sp³-hybridized carbons (Fsp3) is 0.154. The van der Waals surface area contributed by atoms with Crippen molar-refractivity contribution in [3.8, 4) is 11.6 Å². The van der Waals surface area contributed by atoms with E-state index < -0.39 is 9.84 Å². The molecule has 1 aromatic heterocycles. The van der Waals surface area contributed by atoms with E-state index in [1.54, 1.807) is 24.4 Å². The van der Waals surface area contributed by atoms with E-state index in [1.165, 1.54) is 12.1 Å². The number of aromatic nitrogens is 1. The Morgan fingerprint density at radius 3 is 2.37 bits per heavy atom. The van der Waals surface area contributed by atoms with Gasteiger partial charge in [-0.05, 0) is 36.8 Å². The first kappa shape index (κ1) is 13.4. The second-order valence-corrected chi connectivity index (χ2v) is 6.24. The molecule has 0 spiro atoms. The van der Waals surface area contributed by atoms with Gasteiger partial charge in [0.1, 0.15) is 5.75 Å². The summed E-state index contributed by atoms with van der Waals surface area (Å²) in [5.74, 6) is 0.873. The number of pyridine rings is 1. The maximum Gasteiger partial charge on any atom is 0.221 e. The number of anilines is 1. The lowest BCUT2D eigenvalue weighted by Crippen LogP contribution is -1.97. The zero-order valence-electron chi connectivity index (χ0n) is 10.6. The summed E-state index contributed by atoms with van der Waals surface area (Å²) in [6, 6.07) is 7.76. The molecule has 0 fully saturated rings. The van der Waals surface area contributed by atoms with Gasteiger partial charge < -0.3 is 10.5 Å². The van der Waals surface area contributed by atoms with Crippen molar-refractivity contribution >= 4 is 15.5 Å². The molecule has 1 heterocycles. The molecule has 0 radical (unpaired) electrons. The third kappa shape index (κ3) is 3.23. The van der Waals surface area contributed by atoms with Gasteiger partial charge >= 0.3 is 0 Å². The number of benzene rings is 1. The lowest BCUT2D eigenvalue weighted by atomic mass is 10.3. The first-order chi connectivity index (χ1) is 8.86. The standard InChI is InChI=1S/C13H14N2O3S/c1-9-8-15-13(7-12(9)14)18-10-3-5-11(6-4-10)19(2,16)17/h3-8H,1-2H3,(H2,14,15). The third-order valence-corrected chi connectivity index (χ3v) is 3.72. The molecule has 0 amide bonds. The highest BCUT2D eigenvalue weighted by Gasteiger charge is 2.07. The summed E-state index contributed by atoms with van der Waals surface area (Å²) in [6.45, 7) is 1.85. The molecular formula is C13H14N2O3S. The molecule has 0 aliphatic heterocycles. The molecule has 0 saturated heterocycles. The van der Waals surface area contributed by atoms with Gasteiger partial charge in [-0.3, -0.25) is 0 Å². The molecule has 1 aromatic carbocycles. The quantitative estimate of drug-likeness (QED) is 0.930. The maximum absolute atomic E-state index is 11.3. The van der Waals surface area contributed by atoms with Gasteiger partial charge in [0.2, 0.25) is 5.88 Å². The van der Waals surface area contributed by atoms with Gasteiger partial charge in [0.25, 0.3) is 0 Å². The van der Waals surface area contributed by atoms with Gasteiger partial charge in [-0.25, -0.2) is 13.4 Å². The number of nitrogens with two attached hydrogens (primary N) is 1. The molecule has 100 valence electrons. The van der Waals surface area contributed by atoms with Crippen LogP contribution in [0.5, 0.6) is 11.6 Å². The van der Waals surface area contributed by atoms with Crippen LogP contribution in [0.2, 0.25) is 0 Å². The van der Waals surface area contributed by atoms with Crippen LogP contribution in [0.3, 0.4) is 0 Å². The predicted molar refractivity (Wildman–Crippen MR) is 73.0 cm³/mol. The summed E-state index contributed by atoms with van der Waals surface area (Å²) in [5, 5.41) is 0. The van der Waals surface area contributed by atoms with Crippen molar-refractivity contribution in [3.63, 3.8) is 0 Å². The van der Waals surface area contributed by atoms with Crippen LogP contribution < -0.4 is 10.5 Å². The number of aryl methyl sites for hydroxylation is 1. The largest absolute Gasteiger partial charge is 0.439 e. The molecule has 0 saturated carbocycles. The molecule has 0 bridgehead atoms. The van der Waals surface area contributed by atoms with Gasteiger partial charge in [0, 0.05) is 24.2 Å². The number of nitrogens with zero attached hydrogens (tertiary/aromatic N) is 1. The minimum Gasteiger partial charge on any atom is -0.439 e. The van der Waals surface area contributed by atoms with E-state index in [2.05, 4.69) is 4.98 Å². The maximum atomic E-state index is 11.3. The molecular weight excluding hydrogens is 264 g/mol. The molecule has 2 aromatic rings. The Hall–Kier alpha value is -2.08. The molecule has 0 unspecified atom stereocenters. The van der Waals surface area contributed by atoms with Gasteiger partial charge in [-0.2, -0.15) is 0 Å². The second kappa shape index (κ2) is 4.89. The third-order valence-electron chi connectivity index (χ3n) is 2.59. The minimum absolute atomic E-state index is 0.247. The van der Waals surface area contributed by atoms with Gasteiger partial charge in [0.15, 0.2) is 9.84 Å². The highest BCUT2D eigenvalue weighted by molar-refractivity contribution is 7.90. The van der Waals surface area contributed by atoms with E-state index in [4.69, 9.17) is 10.5 Å². The summed E-state index contributed by atoms with van der Waals surface area (Å²) in [6.07, 6.45) is 2.78. The molecule has 2 N–H and O–H groups in total. The average molecular weight is 278 g/mol. The van der Waals surface area contributed by atoms with Crippen LogP contribution in [0.4, 0.5) is 5.69 Å². The van der Waals surface area contributed by atoms with Crippen molar-refractivity contribution in [3.05, 3.63) is 42.1 Å². The molecule has 2 rings (SSSR count). The second-order valence-electron chi connectivity index (χ2n) is 4.22. The predicted octanol–water partition coefficient (Wildman–Crippen LogP) is 2.17. The Morgan fingerprint density at radius 1 is 1.21 bits per heavy atom. The first-order valence-electron chi connectivity index (χ1n) is 5.56. The summed E-state index contributed by atoms with van der Waals surface area (Å²) >= 11 is 0. The monoisotopic (exact) mass is 278 g/mol. The normalized spacial score (nSPS) is 11.3. The van der Waals surface area contributed by atoms with Crippen LogP contribution in [0, 0.1) is 6.92 Å². The summed E-state index contributed by atoms with van der Waals surface area (Å²) in [7, 11) is -3.20. The molecule has 0 aliphatic carbocycles. The first-order valence-corrected chi connectivity index (χ1v) is 7.45. The van der Waals surface area contributed by atoms with Crippen molar-refractivity contribution in [2.75, 3.05) is 12.0 Å². The molecule has 6 heteroatoms. The van der Waals surface area contributed by atoms with Crippen LogP contribution in [0.15, 0.2) is 41.4 Å².